The van der Waals surface area contributed by atoms with Gasteiger partial charge in [-0.3, -0.25) is 0 Å². The van der Waals surface area contributed by atoms with Crippen LogP contribution in [0.1, 0.15) is 38.4 Å². The van der Waals surface area contributed by atoms with Crippen molar-refractivity contribution in [2.45, 2.75) is 46.1 Å². The smallest absolute Gasteiger partial charge is 0.105 e. The highest BCUT2D eigenvalue weighted by Gasteiger charge is 2.17. The predicted molar refractivity (Wildman–Crippen MR) is 71.0 cm³/mol. The van der Waals surface area contributed by atoms with Gasteiger partial charge in [0.25, 0.3) is 0 Å². The molecule has 1 N–H and O–H groups in total. The molecule has 0 radical (unpaired) electrons. The SMILES string of the molecule is Cc1nccn1CCNCC1CCCC(C)C1. The van der Waals surface area contributed by atoms with E-state index in [1.807, 2.05) is 6.20 Å². The van der Waals surface area contributed by atoms with E-state index in [-0.39, 0.29) is 0 Å². The molecule has 96 valence electrons. The third-order valence-electron chi connectivity index (χ3n) is 3.93. The standard InChI is InChI=1S/C14H25N3/c1-12-4-3-5-14(10-12)11-15-6-8-17-9-7-16-13(17)2/h7,9,12,14-15H,3-6,8,10-11H2,1-2H3. The first-order valence-corrected chi connectivity index (χ1v) is 6.94. The molecule has 0 aromatic carbocycles. The van der Waals surface area contributed by atoms with Crippen LogP contribution >= 0.6 is 0 Å². The van der Waals surface area contributed by atoms with Gasteiger partial charge in [-0.1, -0.05) is 19.8 Å². The number of nitrogens with one attached hydrogen (secondary N) is 1. The van der Waals surface area contributed by atoms with E-state index < -0.39 is 0 Å². The number of rotatable bonds is 5. The largest absolute Gasteiger partial charge is 0.334 e. The third-order valence-corrected chi connectivity index (χ3v) is 3.93. The number of hydrogen-bond acceptors (Lipinski definition) is 2. The second-order valence-corrected chi connectivity index (χ2v) is 5.51. The maximum absolute atomic E-state index is 4.23. The van der Waals surface area contributed by atoms with Crippen molar-refractivity contribution in [3.05, 3.63) is 18.2 Å². The van der Waals surface area contributed by atoms with Crippen LogP contribution in [0.25, 0.3) is 0 Å². The zero-order chi connectivity index (χ0) is 12.1. The fourth-order valence-corrected chi connectivity index (χ4v) is 2.89. The molecule has 1 saturated carbocycles. The lowest BCUT2D eigenvalue weighted by Gasteiger charge is -2.26. The van der Waals surface area contributed by atoms with Gasteiger partial charge in [-0.25, -0.2) is 4.98 Å². The van der Waals surface area contributed by atoms with E-state index in [1.54, 1.807) is 0 Å². The van der Waals surface area contributed by atoms with E-state index >= 15 is 0 Å². The normalized spacial score (nSPS) is 25.1. The van der Waals surface area contributed by atoms with Gasteiger partial charge in [0.15, 0.2) is 0 Å². The lowest BCUT2D eigenvalue weighted by molar-refractivity contribution is 0.274. The van der Waals surface area contributed by atoms with E-state index in [9.17, 15) is 0 Å². The number of aromatic nitrogens is 2. The average molecular weight is 235 g/mol. The maximum atomic E-state index is 4.23. The van der Waals surface area contributed by atoms with Gasteiger partial charge in [0, 0.05) is 25.5 Å². The molecule has 2 rings (SSSR count). The number of aryl methyl sites for hydroxylation is 1. The molecule has 0 spiro atoms. The maximum Gasteiger partial charge on any atom is 0.105 e. The van der Waals surface area contributed by atoms with Crippen molar-refractivity contribution in [3.8, 4) is 0 Å². The monoisotopic (exact) mass is 235 g/mol. The Kier molecular flexibility index (Phi) is 4.60. The van der Waals surface area contributed by atoms with Gasteiger partial charge >= 0.3 is 0 Å². The number of nitrogens with zero attached hydrogens (tertiary/aromatic N) is 2. The molecule has 1 aromatic heterocycles. The van der Waals surface area contributed by atoms with Gasteiger partial charge in [-0.2, -0.15) is 0 Å². The fourth-order valence-electron chi connectivity index (χ4n) is 2.89. The Bertz CT molecular complexity index is 332. The lowest BCUT2D eigenvalue weighted by Crippen LogP contribution is -2.29. The second kappa shape index (κ2) is 6.20. The van der Waals surface area contributed by atoms with Gasteiger partial charge in [0.05, 0.1) is 0 Å². The van der Waals surface area contributed by atoms with Crippen molar-refractivity contribution < 1.29 is 0 Å². The molecular weight excluding hydrogens is 210 g/mol. The van der Waals surface area contributed by atoms with Crippen LogP contribution in [0.2, 0.25) is 0 Å². The zero-order valence-electron chi connectivity index (χ0n) is 11.2. The molecule has 2 atom stereocenters. The molecule has 2 unspecified atom stereocenters. The Balaban J connectivity index is 1.61. The summed E-state index contributed by atoms with van der Waals surface area (Å²) in [6, 6.07) is 0. The molecule has 0 saturated heterocycles. The first-order valence-electron chi connectivity index (χ1n) is 6.94. The van der Waals surface area contributed by atoms with E-state index in [0.29, 0.717) is 0 Å². The van der Waals surface area contributed by atoms with Gasteiger partial charge < -0.3 is 9.88 Å². The van der Waals surface area contributed by atoms with Crippen molar-refractivity contribution >= 4 is 0 Å². The molecule has 17 heavy (non-hydrogen) atoms. The predicted octanol–water partition coefficient (Wildman–Crippen LogP) is 2.61. The second-order valence-electron chi connectivity index (χ2n) is 5.51. The Hall–Kier alpha value is -0.830. The molecule has 1 aliphatic carbocycles. The quantitative estimate of drug-likeness (QED) is 0.795. The Morgan fingerprint density at radius 2 is 2.35 bits per heavy atom. The van der Waals surface area contributed by atoms with Crippen molar-refractivity contribution in [2.75, 3.05) is 13.1 Å². The Labute approximate surface area is 105 Å². The van der Waals surface area contributed by atoms with Crippen molar-refractivity contribution in [1.29, 1.82) is 0 Å². The highest BCUT2D eigenvalue weighted by atomic mass is 15.1. The number of hydrogen-bond donors (Lipinski definition) is 1. The summed E-state index contributed by atoms with van der Waals surface area (Å²) in [5.41, 5.74) is 0. The molecule has 3 heteroatoms. The van der Waals surface area contributed by atoms with Gasteiger partial charge in [0.1, 0.15) is 5.82 Å². The van der Waals surface area contributed by atoms with Crippen LogP contribution < -0.4 is 5.32 Å². The molecule has 0 aliphatic heterocycles. The minimum atomic E-state index is 0.905. The zero-order valence-corrected chi connectivity index (χ0v) is 11.2. The summed E-state index contributed by atoms with van der Waals surface area (Å²) in [5, 5.41) is 3.59. The van der Waals surface area contributed by atoms with Crippen molar-refractivity contribution in [2.24, 2.45) is 11.8 Å². The first kappa shape index (κ1) is 12.6. The average Bonchev–Trinajstić information content (AvgIpc) is 2.71. The van der Waals surface area contributed by atoms with Crippen molar-refractivity contribution in [1.82, 2.24) is 14.9 Å². The van der Waals surface area contributed by atoms with Crippen LogP contribution in [0.15, 0.2) is 12.4 Å². The highest BCUT2D eigenvalue weighted by molar-refractivity contribution is 4.88. The van der Waals surface area contributed by atoms with E-state index in [2.05, 4.69) is 34.9 Å². The van der Waals surface area contributed by atoms with Crippen LogP contribution in [0.5, 0.6) is 0 Å². The Morgan fingerprint density at radius 3 is 3.06 bits per heavy atom. The minimum absolute atomic E-state index is 0.905. The summed E-state index contributed by atoms with van der Waals surface area (Å²) in [6.45, 7) is 7.73. The summed E-state index contributed by atoms with van der Waals surface area (Å²) in [6.07, 6.45) is 9.62. The summed E-state index contributed by atoms with van der Waals surface area (Å²) < 4.78 is 2.20. The summed E-state index contributed by atoms with van der Waals surface area (Å²) >= 11 is 0. The lowest BCUT2D eigenvalue weighted by atomic mass is 9.82. The molecule has 1 heterocycles. The van der Waals surface area contributed by atoms with Crippen LogP contribution in [-0.4, -0.2) is 22.6 Å². The molecule has 3 nitrogen and oxygen atoms in total. The van der Waals surface area contributed by atoms with E-state index in [1.165, 1.54) is 32.2 Å². The molecule has 0 amide bonds. The summed E-state index contributed by atoms with van der Waals surface area (Å²) in [7, 11) is 0. The molecule has 1 aliphatic rings. The topological polar surface area (TPSA) is 29.9 Å². The van der Waals surface area contributed by atoms with Crippen LogP contribution in [0.3, 0.4) is 0 Å². The first-order chi connectivity index (χ1) is 8.25. The summed E-state index contributed by atoms with van der Waals surface area (Å²) in [4.78, 5) is 4.23. The van der Waals surface area contributed by atoms with E-state index in [0.717, 1.165) is 30.7 Å². The third kappa shape index (κ3) is 3.84. The van der Waals surface area contributed by atoms with Crippen LogP contribution in [0.4, 0.5) is 0 Å². The fraction of sp³-hybridized carbons (Fsp3) is 0.786. The van der Waals surface area contributed by atoms with E-state index in [4.69, 9.17) is 0 Å². The van der Waals surface area contributed by atoms with Gasteiger partial charge in [0.2, 0.25) is 0 Å². The van der Waals surface area contributed by atoms with Crippen LogP contribution in [-0.2, 0) is 6.54 Å². The van der Waals surface area contributed by atoms with Crippen LogP contribution in [0, 0.1) is 18.8 Å². The molecule has 1 fully saturated rings. The highest BCUT2D eigenvalue weighted by Crippen LogP contribution is 2.27. The number of imidazole rings is 1. The Morgan fingerprint density at radius 1 is 1.47 bits per heavy atom. The molecule has 0 bridgehead atoms. The van der Waals surface area contributed by atoms with Gasteiger partial charge in [-0.15, -0.1) is 0 Å². The summed E-state index contributed by atoms with van der Waals surface area (Å²) in [5.74, 6) is 2.95. The molecular formula is C14H25N3. The van der Waals surface area contributed by atoms with Crippen molar-refractivity contribution in [3.63, 3.8) is 0 Å². The minimum Gasteiger partial charge on any atom is -0.334 e. The van der Waals surface area contributed by atoms with Gasteiger partial charge in [-0.05, 0) is 38.1 Å². The molecule has 1 aromatic rings.